The van der Waals surface area contributed by atoms with Gasteiger partial charge in [-0.15, -0.1) is 0 Å². The molecule has 0 aliphatic heterocycles. The molecule has 0 bridgehead atoms. The number of ether oxygens (including phenoxy) is 1. The van der Waals surface area contributed by atoms with E-state index in [0.29, 0.717) is 13.0 Å². The zero-order valence-electron chi connectivity index (χ0n) is 13.3. The van der Waals surface area contributed by atoms with E-state index < -0.39 is 3.79 Å². The average Bonchev–Trinajstić information content (AvgIpc) is 2.39. The van der Waals surface area contributed by atoms with Crippen molar-refractivity contribution in [1.82, 2.24) is 0 Å². The summed E-state index contributed by atoms with van der Waals surface area (Å²) in [6.45, 7) is 6.75. The third-order valence-electron chi connectivity index (χ3n) is 3.21. The first-order valence-electron chi connectivity index (χ1n) is 7.34. The van der Waals surface area contributed by atoms with E-state index in [4.69, 9.17) is 39.5 Å². The van der Waals surface area contributed by atoms with E-state index >= 15 is 0 Å². The quantitative estimate of drug-likeness (QED) is 0.383. The highest BCUT2D eigenvalue weighted by Crippen LogP contribution is 2.33. The van der Waals surface area contributed by atoms with Crippen LogP contribution < -0.4 is 4.74 Å². The zero-order valence-corrected chi connectivity index (χ0v) is 15.6. The number of rotatable bonds is 7. The Hall–Kier alpha value is -0.630. The minimum Gasteiger partial charge on any atom is -0.490 e. The fraction of sp³-hybridized carbons (Fsp3) is 0.444. The lowest BCUT2D eigenvalue weighted by Crippen LogP contribution is -2.01. The Morgan fingerprint density at radius 2 is 1.68 bits per heavy atom. The molecule has 0 unspecified atom stereocenters. The minimum atomic E-state index is -1.20. The standard InChI is InChI=1S/C18H23Cl3O/c1-14(5-4-6-16(3)13-18(19,20)21)11-12-22-17-9-7-15(2)8-10-17/h6-11H,4-5,12-13H2,1-3H3. The van der Waals surface area contributed by atoms with Gasteiger partial charge in [-0.3, -0.25) is 0 Å². The van der Waals surface area contributed by atoms with Crippen molar-refractivity contribution in [2.24, 2.45) is 0 Å². The number of halogens is 3. The van der Waals surface area contributed by atoms with Crippen LogP contribution in [0, 0.1) is 6.92 Å². The second-order valence-electron chi connectivity index (χ2n) is 5.56. The maximum absolute atomic E-state index is 5.77. The van der Waals surface area contributed by atoms with E-state index in [-0.39, 0.29) is 0 Å². The molecule has 1 nitrogen and oxygen atoms in total. The summed E-state index contributed by atoms with van der Waals surface area (Å²) in [5, 5.41) is 0. The minimum absolute atomic E-state index is 0.469. The summed E-state index contributed by atoms with van der Waals surface area (Å²) >= 11 is 17.3. The summed E-state index contributed by atoms with van der Waals surface area (Å²) in [6.07, 6.45) is 6.63. The number of hydrogen-bond donors (Lipinski definition) is 0. The van der Waals surface area contributed by atoms with Crippen LogP contribution in [0.15, 0.2) is 47.6 Å². The highest BCUT2D eigenvalue weighted by molar-refractivity contribution is 6.67. The molecule has 0 N–H and O–H groups in total. The van der Waals surface area contributed by atoms with Crippen LogP contribution in [0.5, 0.6) is 5.75 Å². The van der Waals surface area contributed by atoms with Crippen molar-refractivity contribution in [1.29, 1.82) is 0 Å². The van der Waals surface area contributed by atoms with Crippen LogP contribution in [0.2, 0.25) is 0 Å². The summed E-state index contributed by atoms with van der Waals surface area (Å²) in [5.41, 5.74) is 3.63. The first-order valence-corrected chi connectivity index (χ1v) is 8.47. The van der Waals surface area contributed by atoms with Gasteiger partial charge in [-0.1, -0.05) is 69.7 Å². The Morgan fingerprint density at radius 3 is 2.27 bits per heavy atom. The van der Waals surface area contributed by atoms with Crippen LogP contribution in [0.25, 0.3) is 0 Å². The van der Waals surface area contributed by atoms with Crippen LogP contribution in [-0.2, 0) is 0 Å². The van der Waals surface area contributed by atoms with E-state index in [1.54, 1.807) is 0 Å². The Balaban J connectivity index is 2.31. The van der Waals surface area contributed by atoms with Gasteiger partial charge in [-0.2, -0.15) is 0 Å². The number of allylic oxidation sites excluding steroid dienone is 3. The molecule has 122 valence electrons. The Labute approximate surface area is 148 Å². The van der Waals surface area contributed by atoms with E-state index in [9.17, 15) is 0 Å². The molecule has 1 aromatic carbocycles. The van der Waals surface area contributed by atoms with Gasteiger partial charge in [-0.25, -0.2) is 0 Å². The molecular weight excluding hydrogens is 339 g/mol. The van der Waals surface area contributed by atoms with Gasteiger partial charge in [0.2, 0.25) is 0 Å². The summed E-state index contributed by atoms with van der Waals surface area (Å²) in [4.78, 5) is 0. The second-order valence-corrected chi connectivity index (χ2v) is 8.07. The van der Waals surface area contributed by atoms with Crippen molar-refractivity contribution in [3.63, 3.8) is 0 Å². The molecule has 0 saturated carbocycles. The van der Waals surface area contributed by atoms with Crippen LogP contribution >= 0.6 is 34.8 Å². The van der Waals surface area contributed by atoms with Gasteiger partial charge >= 0.3 is 0 Å². The molecule has 22 heavy (non-hydrogen) atoms. The number of aryl methyl sites for hydroxylation is 1. The molecule has 0 aliphatic carbocycles. The maximum Gasteiger partial charge on any atom is 0.194 e. The Morgan fingerprint density at radius 1 is 1.05 bits per heavy atom. The van der Waals surface area contributed by atoms with Crippen LogP contribution in [-0.4, -0.2) is 10.4 Å². The molecule has 4 heteroatoms. The van der Waals surface area contributed by atoms with Gasteiger partial charge in [0.1, 0.15) is 12.4 Å². The summed E-state index contributed by atoms with van der Waals surface area (Å²) < 4.78 is 4.48. The van der Waals surface area contributed by atoms with Gasteiger partial charge < -0.3 is 4.74 Å². The van der Waals surface area contributed by atoms with Crippen LogP contribution in [0.1, 0.15) is 38.7 Å². The molecule has 0 aliphatic rings. The highest BCUT2D eigenvalue weighted by atomic mass is 35.6. The lowest BCUT2D eigenvalue weighted by atomic mass is 10.1. The third kappa shape index (κ3) is 9.40. The molecule has 0 spiro atoms. The number of alkyl halides is 3. The Bertz CT molecular complexity index is 510. The lowest BCUT2D eigenvalue weighted by Gasteiger charge is -2.10. The summed E-state index contributed by atoms with van der Waals surface area (Å²) in [7, 11) is 0. The highest BCUT2D eigenvalue weighted by Gasteiger charge is 2.19. The topological polar surface area (TPSA) is 9.23 Å². The van der Waals surface area contributed by atoms with Gasteiger partial charge in [0.05, 0.1) is 0 Å². The predicted molar refractivity (Wildman–Crippen MR) is 98.3 cm³/mol. The summed E-state index contributed by atoms with van der Waals surface area (Å²) in [5.74, 6) is 0.896. The Kier molecular flexibility index (Phi) is 8.38. The second kappa shape index (κ2) is 9.50. The molecule has 0 aromatic heterocycles. The predicted octanol–water partition coefficient (Wildman–Crippen LogP) is 6.81. The SMILES string of the molecule is CC(=CCOc1ccc(C)cc1)CCC=C(C)CC(Cl)(Cl)Cl. The molecule has 0 atom stereocenters. The smallest absolute Gasteiger partial charge is 0.194 e. The van der Waals surface area contributed by atoms with E-state index in [2.05, 4.69) is 26.0 Å². The van der Waals surface area contributed by atoms with Crippen molar-refractivity contribution in [2.45, 2.75) is 43.8 Å². The number of benzene rings is 1. The maximum atomic E-state index is 5.77. The normalized spacial score (nSPS) is 13.4. The van der Waals surface area contributed by atoms with Gasteiger partial charge in [-0.05, 0) is 51.8 Å². The first kappa shape index (κ1) is 19.4. The average molecular weight is 362 g/mol. The number of hydrogen-bond acceptors (Lipinski definition) is 1. The van der Waals surface area contributed by atoms with Crippen LogP contribution in [0.3, 0.4) is 0 Å². The van der Waals surface area contributed by atoms with E-state index in [1.807, 2.05) is 31.2 Å². The molecule has 0 heterocycles. The molecule has 0 fully saturated rings. The zero-order chi connectivity index (χ0) is 16.6. The van der Waals surface area contributed by atoms with Crippen molar-refractivity contribution in [3.05, 3.63) is 53.1 Å². The van der Waals surface area contributed by atoms with Crippen molar-refractivity contribution >= 4 is 34.8 Å². The van der Waals surface area contributed by atoms with Crippen molar-refractivity contribution in [2.75, 3.05) is 6.61 Å². The molecule has 0 radical (unpaired) electrons. The van der Waals surface area contributed by atoms with Crippen molar-refractivity contribution < 1.29 is 4.74 Å². The molecule has 1 rings (SSSR count). The van der Waals surface area contributed by atoms with Gasteiger partial charge in [0.25, 0.3) is 0 Å². The lowest BCUT2D eigenvalue weighted by molar-refractivity contribution is 0.361. The fourth-order valence-corrected chi connectivity index (χ4v) is 2.58. The molecular formula is C18H23Cl3O. The largest absolute Gasteiger partial charge is 0.490 e. The third-order valence-corrected chi connectivity index (χ3v) is 3.61. The van der Waals surface area contributed by atoms with Gasteiger partial charge in [0.15, 0.2) is 3.79 Å². The summed E-state index contributed by atoms with van der Waals surface area (Å²) in [6, 6.07) is 8.07. The molecule has 1 aromatic rings. The monoisotopic (exact) mass is 360 g/mol. The van der Waals surface area contributed by atoms with Gasteiger partial charge in [0, 0.05) is 6.42 Å². The van der Waals surface area contributed by atoms with Crippen LogP contribution in [0.4, 0.5) is 0 Å². The first-order chi connectivity index (χ1) is 10.3. The van der Waals surface area contributed by atoms with E-state index in [1.165, 1.54) is 11.1 Å². The van der Waals surface area contributed by atoms with E-state index in [0.717, 1.165) is 24.2 Å². The molecule has 0 saturated heterocycles. The molecule has 0 amide bonds. The fourth-order valence-electron chi connectivity index (χ4n) is 1.95. The van der Waals surface area contributed by atoms with Crippen molar-refractivity contribution in [3.8, 4) is 5.75 Å².